The zero-order chi connectivity index (χ0) is 23.0. The van der Waals surface area contributed by atoms with Gasteiger partial charge in [0.2, 0.25) is 10.0 Å². The van der Waals surface area contributed by atoms with E-state index < -0.39 is 15.8 Å². The van der Waals surface area contributed by atoms with Crippen LogP contribution in [0.15, 0.2) is 62.6 Å². The van der Waals surface area contributed by atoms with Gasteiger partial charge in [0.1, 0.15) is 0 Å². The van der Waals surface area contributed by atoms with Crippen molar-refractivity contribution in [2.45, 2.75) is 50.2 Å². The molecule has 174 valence electrons. The van der Waals surface area contributed by atoms with E-state index in [1.807, 2.05) is 18.2 Å². The molecule has 2 saturated carbocycles. The quantitative estimate of drug-likeness (QED) is 0.603. The molecule has 8 heteroatoms. The lowest BCUT2D eigenvalue weighted by Gasteiger charge is -2.53. The van der Waals surface area contributed by atoms with Crippen LogP contribution in [0.3, 0.4) is 0 Å². The van der Waals surface area contributed by atoms with E-state index in [-0.39, 0.29) is 39.4 Å². The van der Waals surface area contributed by atoms with Crippen molar-refractivity contribution < 1.29 is 17.6 Å². The normalized spacial score (nSPS) is 32.8. The van der Waals surface area contributed by atoms with Crippen LogP contribution in [-0.4, -0.2) is 26.1 Å². The number of sulfonamides is 1. The summed E-state index contributed by atoms with van der Waals surface area (Å²) in [7, 11) is -3.82. The van der Waals surface area contributed by atoms with Crippen LogP contribution in [0, 0.1) is 22.7 Å². The molecule has 1 saturated heterocycles. The highest BCUT2D eigenvalue weighted by atomic mass is 32.2. The third-order valence-corrected chi connectivity index (χ3v) is 10.0. The minimum absolute atomic E-state index is 0.0152. The van der Waals surface area contributed by atoms with Gasteiger partial charge >= 0.3 is 5.76 Å². The standard InChI is InChI=1S/C25H28N2O5S/c1-24(2)16-12-18-21(15-6-4-3-5-7-15)31-11-10-25(18,14-16)22(24)27-33(29,30)17-8-9-19-20(13-17)32-23(28)26-19/h3-9,13,16,18,21-22,27H,10-12,14H2,1-2H3,(H,26,28)/t16-,18-,21-,22+,25?/m1/s1. The predicted molar refractivity (Wildman–Crippen MR) is 123 cm³/mol. The van der Waals surface area contributed by atoms with Crippen molar-refractivity contribution in [2.75, 3.05) is 6.61 Å². The Bertz CT molecular complexity index is 1380. The van der Waals surface area contributed by atoms with Gasteiger partial charge in [-0.25, -0.2) is 17.9 Å². The summed E-state index contributed by atoms with van der Waals surface area (Å²) in [6.07, 6.45) is 2.89. The first-order chi connectivity index (χ1) is 15.7. The smallest absolute Gasteiger partial charge is 0.408 e. The van der Waals surface area contributed by atoms with E-state index in [0.29, 0.717) is 18.0 Å². The molecule has 2 bridgehead atoms. The SMILES string of the molecule is CC1(C)[C@@H]2C[C@@H]3[C@@H](c4ccccc4)OCCC3(C2)[C@H]1NS(=O)(=O)c1ccc2[nH]c(=O)oc2c1. The molecule has 5 atom stereocenters. The second kappa shape index (κ2) is 7.04. The number of ether oxygens (including phenoxy) is 1. The number of benzene rings is 2. The van der Waals surface area contributed by atoms with Gasteiger partial charge in [-0.15, -0.1) is 0 Å². The van der Waals surface area contributed by atoms with Gasteiger partial charge < -0.3 is 9.15 Å². The van der Waals surface area contributed by atoms with Crippen LogP contribution in [-0.2, 0) is 14.8 Å². The number of fused-ring (bicyclic) bond motifs is 2. The van der Waals surface area contributed by atoms with E-state index in [1.54, 1.807) is 6.07 Å². The monoisotopic (exact) mass is 468 g/mol. The van der Waals surface area contributed by atoms with Crippen molar-refractivity contribution in [3.8, 4) is 0 Å². The molecule has 1 aromatic heterocycles. The first-order valence-electron chi connectivity index (χ1n) is 11.5. The number of H-pyrrole nitrogens is 1. The van der Waals surface area contributed by atoms with E-state index >= 15 is 0 Å². The fourth-order valence-corrected chi connectivity index (χ4v) is 8.51. The fourth-order valence-electron chi connectivity index (χ4n) is 7.02. The van der Waals surface area contributed by atoms with E-state index in [2.05, 4.69) is 35.7 Å². The predicted octanol–water partition coefficient (Wildman–Crippen LogP) is 3.98. The van der Waals surface area contributed by atoms with Crippen LogP contribution >= 0.6 is 0 Å². The van der Waals surface area contributed by atoms with Crippen molar-refractivity contribution in [1.29, 1.82) is 0 Å². The highest BCUT2D eigenvalue weighted by Crippen LogP contribution is 2.70. The zero-order valence-corrected chi connectivity index (χ0v) is 19.5. The van der Waals surface area contributed by atoms with Crippen LogP contribution in [0.25, 0.3) is 11.1 Å². The average Bonchev–Trinajstić information content (AvgIpc) is 3.42. The molecule has 2 N–H and O–H groups in total. The minimum atomic E-state index is -3.82. The van der Waals surface area contributed by atoms with Gasteiger partial charge in [0, 0.05) is 18.7 Å². The Balaban J connectivity index is 1.37. The third-order valence-electron chi connectivity index (χ3n) is 8.61. The fraction of sp³-hybridized carbons (Fsp3) is 0.480. The van der Waals surface area contributed by atoms with Gasteiger partial charge in [-0.1, -0.05) is 44.2 Å². The molecule has 6 rings (SSSR count). The third kappa shape index (κ3) is 3.07. The minimum Gasteiger partial charge on any atom is -0.408 e. The van der Waals surface area contributed by atoms with Gasteiger partial charge in [0.25, 0.3) is 0 Å². The molecule has 2 aromatic carbocycles. The first-order valence-corrected chi connectivity index (χ1v) is 13.0. The molecule has 33 heavy (non-hydrogen) atoms. The Kier molecular flexibility index (Phi) is 4.51. The summed E-state index contributed by atoms with van der Waals surface area (Å²) in [5, 5.41) is 0. The van der Waals surface area contributed by atoms with Crippen molar-refractivity contribution in [1.82, 2.24) is 9.71 Å². The maximum atomic E-state index is 13.6. The molecule has 7 nitrogen and oxygen atoms in total. The van der Waals surface area contributed by atoms with Gasteiger partial charge in [-0.3, -0.25) is 4.98 Å². The molecule has 1 aliphatic heterocycles. The molecule has 3 aliphatic rings. The number of hydrogen-bond donors (Lipinski definition) is 2. The molecule has 0 amide bonds. The maximum absolute atomic E-state index is 13.6. The molecule has 3 fully saturated rings. The number of rotatable bonds is 4. The number of hydrogen-bond acceptors (Lipinski definition) is 5. The van der Waals surface area contributed by atoms with Crippen LogP contribution in [0.2, 0.25) is 0 Å². The van der Waals surface area contributed by atoms with Crippen LogP contribution in [0.5, 0.6) is 0 Å². The summed E-state index contributed by atoms with van der Waals surface area (Å²) in [5.41, 5.74) is 1.56. The lowest BCUT2D eigenvalue weighted by molar-refractivity contribution is -0.118. The number of oxazole rings is 1. The molecular formula is C25H28N2O5S. The van der Waals surface area contributed by atoms with Crippen molar-refractivity contribution in [3.05, 3.63) is 64.6 Å². The number of aromatic nitrogens is 1. The average molecular weight is 469 g/mol. The Morgan fingerprint density at radius 2 is 1.91 bits per heavy atom. The molecule has 0 radical (unpaired) electrons. The summed E-state index contributed by atoms with van der Waals surface area (Å²) < 4.78 is 41.6. The molecular weight excluding hydrogens is 440 g/mol. The second-order valence-electron chi connectivity index (χ2n) is 10.5. The summed E-state index contributed by atoms with van der Waals surface area (Å²) >= 11 is 0. The lowest BCUT2D eigenvalue weighted by atomic mass is 9.59. The van der Waals surface area contributed by atoms with Crippen LogP contribution in [0.1, 0.15) is 44.8 Å². The van der Waals surface area contributed by atoms with Crippen molar-refractivity contribution in [3.63, 3.8) is 0 Å². The largest absolute Gasteiger partial charge is 0.417 e. The lowest BCUT2D eigenvalue weighted by Crippen LogP contribution is -2.58. The Labute approximate surface area is 192 Å². The Morgan fingerprint density at radius 3 is 2.70 bits per heavy atom. The van der Waals surface area contributed by atoms with Crippen molar-refractivity contribution in [2.24, 2.45) is 22.7 Å². The molecule has 1 spiro atoms. The maximum Gasteiger partial charge on any atom is 0.417 e. The van der Waals surface area contributed by atoms with Gasteiger partial charge in [-0.2, -0.15) is 0 Å². The summed E-state index contributed by atoms with van der Waals surface area (Å²) in [6.45, 7) is 5.01. The van der Waals surface area contributed by atoms with Crippen LogP contribution in [0.4, 0.5) is 0 Å². The molecule has 2 heterocycles. The summed E-state index contributed by atoms with van der Waals surface area (Å²) in [5.74, 6) is 0.0930. The first kappa shape index (κ1) is 21.1. The Hall–Kier alpha value is -2.42. The van der Waals surface area contributed by atoms with E-state index in [0.717, 1.165) is 19.3 Å². The highest BCUT2D eigenvalue weighted by Gasteiger charge is 2.68. The number of aromatic amines is 1. The highest BCUT2D eigenvalue weighted by molar-refractivity contribution is 7.89. The second-order valence-corrected chi connectivity index (χ2v) is 12.2. The van der Waals surface area contributed by atoms with Gasteiger partial charge in [0.15, 0.2) is 5.58 Å². The number of nitrogens with one attached hydrogen (secondary N) is 2. The van der Waals surface area contributed by atoms with E-state index in [1.165, 1.54) is 17.7 Å². The topological polar surface area (TPSA) is 101 Å². The molecule has 1 unspecified atom stereocenters. The van der Waals surface area contributed by atoms with Crippen molar-refractivity contribution >= 4 is 21.1 Å². The summed E-state index contributed by atoms with van der Waals surface area (Å²) in [4.78, 5) is 14.2. The van der Waals surface area contributed by atoms with Crippen LogP contribution < -0.4 is 10.5 Å². The molecule has 2 aliphatic carbocycles. The Morgan fingerprint density at radius 1 is 1.12 bits per heavy atom. The zero-order valence-electron chi connectivity index (χ0n) is 18.7. The van der Waals surface area contributed by atoms with Gasteiger partial charge in [-0.05, 0) is 59.6 Å². The summed E-state index contributed by atoms with van der Waals surface area (Å²) in [6, 6.07) is 14.6. The van der Waals surface area contributed by atoms with Gasteiger partial charge in [0.05, 0.1) is 16.5 Å². The van der Waals surface area contributed by atoms with E-state index in [9.17, 15) is 13.2 Å². The molecule has 3 aromatic rings. The van der Waals surface area contributed by atoms with E-state index in [4.69, 9.17) is 9.15 Å².